The van der Waals surface area contributed by atoms with E-state index < -0.39 is 0 Å². The number of carbonyl (C=O) groups excluding carboxylic acids is 2. The quantitative estimate of drug-likeness (QED) is 0.922. The summed E-state index contributed by atoms with van der Waals surface area (Å²) < 4.78 is 0. The molecule has 0 atom stereocenters. The zero-order valence-corrected chi connectivity index (χ0v) is 12.0. The van der Waals surface area contributed by atoms with Gasteiger partial charge in [0, 0.05) is 43.3 Å². The minimum atomic E-state index is -0.120. The molecule has 106 valence electrons. The van der Waals surface area contributed by atoms with Crippen LogP contribution in [-0.2, 0) is 4.79 Å². The highest BCUT2D eigenvalue weighted by molar-refractivity contribution is 5.99. The fourth-order valence-corrected chi connectivity index (χ4v) is 2.00. The maximum atomic E-state index is 12.4. The van der Waals surface area contributed by atoms with Crippen LogP contribution in [0.2, 0.25) is 0 Å². The van der Waals surface area contributed by atoms with Gasteiger partial charge >= 0.3 is 0 Å². The molecule has 0 aliphatic rings. The molecule has 1 aromatic carbocycles. The monoisotopic (exact) mass is 273 g/mol. The molecule has 1 aromatic heterocycles. The molecular weight excluding hydrogens is 254 g/mol. The molecule has 20 heavy (non-hydrogen) atoms. The van der Waals surface area contributed by atoms with Crippen LogP contribution in [0.3, 0.4) is 0 Å². The number of likely N-dealkylation sites (N-methyl/N-ethyl adjacent to an activating group) is 2. The van der Waals surface area contributed by atoms with Crippen LogP contribution < -0.4 is 0 Å². The summed E-state index contributed by atoms with van der Waals surface area (Å²) in [5.41, 5.74) is 1.60. The second-order valence-corrected chi connectivity index (χ2v) is 4.89. The lowest BCUT2D eigenvalue weighted by Gasteiger charge is -2.22. The van der Waals surface area contributed by atoms with Crippen molar-refractivity contribution < 1.29 is 9.59 Å². The Bertz CT molecular complexity index is 631. The maximum absolute atomic E-state index is 12.4. The number of amides is 2. The highest BCUT2D eigenvalue weighted by Gasteiger charge is 2.18. The van der Waals surface area contributed by atoms with Gasteiger partial charge in [-0.25, -0.2) is 0 Å². The predicted octanol–water partition coefficient (Wildman–Crippen LogP) is 1.72. The molecule has 2 amide bonds. The number of nitrogens with one attached hydrogen (secondary N) is 1. The number of hydrogen-bond acceptors (Lipinski definition) is 2. The fraction of sp³-hybridized carbons (Fsp3) is 0.333. The van der Waals surface area contributed by atoms with Crippen molar-refractivity contribution in [3.63, 3.8) is 0 Å². The Morgan fingerprint density at radius 3 is 2.60 bits per heavy atom. The zero-order chi connectivity index (χ0) is 14.7. The smallest absolute Gasteiger partial charge is 0.254 e. The molecule has 5 heteroatoms. The number of benzene rings is 1. The van der Waals surface area contributed by atoms with Crippen molar-refractivity contribution in [1.82, 2.24) is 14.8 Å². The Morgan fingerprint density at radius 1 is 1.20 bits per heavy atom. The van der Waals surface area contributed by atoms with Crippen LogP contribution in [0.15, 0.2) is 30.5 Å². The van der Waals surface area contributed by atoms with E-state index in [1.165, 1.54) is 4.90 Å². The summed E-state index contributed by atoms with van der Waals surface area (Å²) in [4.78, 5) is 30.3. The second kappa shape index (κ2) is 5.77. The first-order valence-electron chi connectivity index (χ1n) is 6.59. The molecule has 1 N–H and O–H groups in total. The first kappa shape index (κ1) is 14.1. The van der Waals surface area contributed by atoms with E-state index in [1.807, 2.05) is 31.3 Å². The lowest BCUT2D eigenvalue weighted by molar-refractivity contribution is -0.129. The third kappa shape index (κ3) is 2.82. The van der Waals surface area contributed by atoms with E-state index >= 15 is 0 Å². The van der Waals surface area contributed by atoms with Gasteiger partial charge in [-0.1, -0.05) is 0 Å². The van der Waals surface area contributed by atoms with E-state index in [-0.39, 0.29) is 18.4 Å². The van der Waals surface area contributed by atoms with Crippen LogP contribution in [0.5, 0.6) is 0 Å². The predicted molar refractivity (Wildman–Crippen MR) is 78.6 cm³/mol. The van der Waals surface area contributed by atoms with Crippen LogP contribution in [0, 0.1) is 0 Å². The Kier molecular flexibility index (Phi) is 4.08. The third-order valence-corrected chi connectivity index (χ3v) is 3.29. The molecule has 0 unspecified atom stereocenters. The Labute approximate surface area is 118 Å². The largest absolute Gasteiger partial charge is 0.361 e. The summed E-state index contributed by atoms with van der Waals surface area (Å²) >= 11 is 0. The van der Waals surface area contributed by atoms with Crippen molar-refractivity contribution in [2.75, 3.05) is 27.2 Å². The SMILES string of the molecule is CCN(CC(=O)N(C)C)C(=O)c1ccc2[nH]ccc2c1. The van der Waals surface area contributed by atoms with Crippen LogP contribution in [0.25, 0.3) is 10.9 Å². The van der Waals surface area contributed by atoms with E-state index in [0.29, 0.717) is 12.1 Å². The summed E-state index contributed by atoms with van der Waals surface area (Å²) in [6, 6.07) is 7.43. The van der Waals surface area contributed by atoms with Crippen molar-refractivity contribution in [3.05, 3.63) is 36.0 Å². The number of rotatable bonds is 4. The minimum Gasteiger partial charge on any atom is -0.361 e. The molecule has 5 nitrogen and oxygen atoms in total. The summed E-state index contributed by atoms with van der Waals surface area (Å²) in [7, 11) is 3.37. The number of H-pyrrole nitrogens is 1. The zero-order valence-electron chi connectivity index (χ0n) is 12.0. The van der Waals surface area contributed by atoms with Crippen LogP contribution in [-0.4, -0.2) is 53.8 Å². The van der Waals surface area contributed by atoms with E-state index in [4.69, 9.17) is 0 Å². The van der Waals surface area contributed by atoms with Crippen molar-refractivity contribution in [3.8, 4) is 0 Å². The van der Waals surface area contributed by atoms with E-state index in [2.05, 4.69) is 4.98 Å². The molecule has 1 heterocycles. The van der Waals surface area contributed by atoms with Gasteiger partial charge in [0.15, 0.2) is 0 Å². The summed E-state index contributed by atoms with van der Waals surface area (Å²) in [5.74, 6) is -0.200. The number of aromatic nitrogens is 1. The van der Waals surface area contributed by atoms with Crippen molar-refractivity contribution >= 4 is 22.7 Å². The van der Waals surface area contributed by atoms with E-state index in [9.17, 15) is 9.59 Å². The van der Waals surface area contributed by atoms with Gasteiger partial charge in [0.05, 0.1) is 6.54 Å². The lowest BCUT2D eigenvalue weighted by atomic mass is 10.1. The fourth-order valence-electron chi connectivity index (χ4n) is 2.00. The lowest BCUT2D eigenvalue weighted by Crippen LogP contribution is -2.40. The number of hydrogen-bond donors (Lipinski definition) is 1. The summed E-state index contributed by atoms with van der Waals surface area (Å²) in [6.45, 7) is 2.48. The van der Waals surface area contributed by atoms with Crippen molar-refractivity contribution in [2.45, 2.75) is 6.92 Å². The molecule has 0 spiro atoms. The van der Waals surface area contributed by atoms with Gasteiger partial charge in [0.1, 0.15) is 0 Å². The molecule has 0 aliphatic carbocycles. The first-order chi connectivity index (χ1) is 9.52. The molecular formula is C15H19N3O2. The van der Waals surface area contributed by atoms with Gasteiger partial charge < -0.3 is 14.8 Å². The van der Waals surface area contributed by atoms with Crippen LogP contribution in [0.1, 0.15) is 17.3 Å². The standard InChI is InChI=1S/C15H19N3O2/c1-4-18(10-14(19)17(2)3)15(20)12-5-6-13-11(9-12)7-8-16-13/h5-9,16H,4,10H2,1-3H3. The minimum absolute atomic E-state index is 0.0806. The average Bonchev–Trinajstić information content (AvgIpc) is 2.90. The van der Waals surface area contributed by atoms with Crippen LogP contribution in [0.4, 0.5) is 0 Å². The van der Waals surface area contributed by atoms with Gasteiger partial charge in [-0.3, -0.25) is 9.59 Å². The first-order valence-corrected chi connectivity index (χ1v) is 6.59. The Balaban J connectivity index is 2.21. The second-order valence-electron chi connectivity index (χ2n) is 4.89. The molecule has 0 saturated heterocycles. The van der Waals surface area contributed by atoms with Crippen LogP contribution >= 0.6 is 0 Å². The number of carbonyl (C=O) groups is 2. The van der Waals surface area contributed by atoms with Gasteiger partial charge in [0.2, 0.25) is 5.91 Å². The molecule has 0 aliphatic heterocycles. The molecule has 0 radical (unpaired) electrons. The van der Waals surface area contributed by atoms with Gasteiger partial charge in [-0.2, -0.15) is 0 Å². The highest BCUT2D eigenvalue weighted by Crippen LogP contribution is 2.15. The molecule has 2 rings (SSSR count). The van der Waals surface area contributed by atoms with Gasteiger partial charge in [0.25, 0.3) is 5.91 Å². The number of aromatic amines is 1. The summed E-state index contributed by atoms with van der Waals surface area (Å²) in [5, 5.41) is 0.992. The maximum Gasteiger partial charge on any atom is 0.254 e. The van der Waals surface area contributed by atoms with Crippen molar-refractivity contribution in [2.24, 2.45) is 0 Å². The summed E-state index contributed by atoms with van der Waals surface area (Å²) in [6.07, 6.45) is 1.84. The third-order valence-electron chi connectivity index (χ3n) is 3.29. The normalized spacial score (nSPS) is 10.6. The van der Waals surface area contributed by atoms with Gasteiger partial charge in [-0.05, 0) is 31.2 Å². The molecule has 0 bridgehead atoms. The van der Waals surface area contributed by atoms with Gasteiger partial charge in [-0.15, -0.1) is 0 Å². The van der Waals surface area contributed by atoms with E-state index in [1.54, 1.807) is 25.1 Å². The van der Waals surface area contributed by atoms with Crippen molar-refractivity contribution in [1.29, 1.82) is 0 Å². The topological polar surface area (TPSA) is 56.4 Å². The number of fused-ring (bicyclic) bond motifs is 1. The average molecular weight is 273 g/mol. The molecule has 0 saturated carbocycles. The highest BCUT2D eigenvalue weighted by atomic mass is 16.2. The molecule has 2 aromatic rings. The Hall–Kier alpha value is -2.30. The number of nitrogens with zero attached hydrogens (tertiary/aromatic N) is 2. The molecule has 0 fully saturated rings. The van der Waals surface area contributed by atoms with E-state index in [0.717, 1.165) is 10.9 Å². The Morgan fingerprint density at radius 2 is 1.95 bits per heavy atom.